The molecule has 0 spiro atoms. The van der Waals surface area contributed by atoms with Gasteiger partial charge in [0.2, 0.25) is 0 Å². The monoisotopic (exact) mass is 347 g/mol. The van der Waals surface area contributed by atoms with Crippen LogP contribution in [0.15, 0.2) is 84.0 Å². The van der Waals surface area contributed by atoms with Crippen LogP contribution < -0.4 is 10.2 Å². The quantitative estimate of drug-likeness (QED) is 0.384. The van der Waals surface area contributed by atoms with Crippen LogP contribution in [0.4, 0.5) is 11.4 Å². The van der Waals surface area contributed by atoms with Gasteiger partial charge in [-0.2, -0.15) is 5.10 Å². The van der Waals surface area contributed by atoms with E-state index in [1.807, 2.05) is 54.6 Å². The van der Waals surface area contributed by atoms with E-state index in [2.05, 4.69) is 10.5 Å². The van der Waals surface area contributed by atoms with Crippen molar-refractivity contribution in [3.63, 3.8) is 0 Å². The number of nitro benzene ring substituents is 1. The standard InChI is InChI=1S/C20H17N3O3/c24-23(25)20-12-5-4-11-19(20)22-21-14-17-9-6-10-18(13-17)26-15-16-7-2-1-3-8-16/h1-14,22H,15H2/b21-14-. The van der Waals surface area contributed by atoms with Crippen LogP contribution in [-0.2, 0) is 6.61 Å². The Hall–Kier alpha value is -3.67. The van der Waals surface area contributed by atoms with Crippen LogP contribution in [0.2, 0.25) is 0 Å². The van der Waals surface area contributed by atoms with Crippen molar-refractivity contribution >= 4 is 17.6 Å². The molecule has 0 radical (unpaired) electrons. The second-order valence-corrected chi connectivity index (χ2v) is 5.49. The molecule has 0 aliphatic rings. The van der Waals surface area contributed by atoms with Gasteiger partial charge in [0.25, 0.3) is 5.69 Å². The Kier molecular flexibility index (Phi) is 5.57. The van der Waals surface area contributed by atoms with Crippen LogP contribution in [0.25, 0.3) is 0 Å². The van der Waals surface area contributed by atoms with Gasteiger partial charge in [-0.15, -0.1) is 0 Å². The number of benzene rings is 3. The molecule has 0 unspecified atom stereocenters. The lowest BCUT2D eigenvalue weighted by Gasteiger charge is -2.07. The zero-order chi connectivity index (χ0) is 18.2. The van der Waals surface area contributed by atoms with Crippen molar-refractivity contribution in [2.75, 3.05) is 5.43 Å². The van der Waals surface area contributed by atoms with Gasteiger partial charge in [-0.1, -0.05) is 54.6 Å². The molecule has 6 heteroatoms. The van der Waals surface area contributed by atoms with Crippen LogP contribution in [0.1, 0.15) is 11.1 Å². The number of nitrogens with one attached hydrogen (secondary N) is 1. The summed E-state index contributed by atoms with van der Waals surface area (Å²) in [4.78, 5) is 10.5. The summed E-state index contributed by atoms with van der Waals surface area (Å²) in [5.41, 5.74) is 4.93. The van der Waals surface area contributed by atoms with Gasteiger partial charge in [0.1, 0.15) is 18.0 Å². The van der Waals surface area contributed by atoms with Crippen molar-refractivity contribution in [3.05, 3.63) is 100 Å². The molecule has 26 heavy (non-hydrogen) atoms. The van der Waals surface area contributed by atoms with E-state index < -0.39 is 4.92 Å². The van der Waals surface area contributed by atoms with Crippen molar-refractivity contribution in [1.29, 1.82) is 0 Å². The predicted octanol–water partition coefficient (Wildman–Crippen LogP) is 4.62. The molecule has 0 fully saturated rings. The highest BCUT2D eigenvalue weighted by Gasteiger charge is 2.10. The van der Waals surface area contributed by atoms with Crippen molar-refractivity contribution in [2.24, 2.45) is 5.10 Å². The zero-order valence-electron chi connectivity index (χ0n) is 13.9. The number of para-hydroxylation sites is 2. The molecule has 0 saturated carbocycles. The summed E-state index contributed by atoms with van der Waals surface area (Å²) in [6.45, 7) is 0.482. The van der Waals surface area contributed by atoms with Gasteiger partial charge in [0.15, 0.2) is 0 Å². The van der Waals surface area contributed by atoms with Gasteiger partial charge in [-0.25, -0.2) is 0 Å². The van der Waals surface area contributed by atoms with E-state index in [-0.39, 0.29) is 5.69 Å². The molecular formula is C20H17N3O3. The Balaban J connectivity index is 1.63. The number of hydrogen-bond donors (Lipinski definition) is 1. The average Bonchev–Trinajstić information content (AvgIpc) is 2.68. The van der Waals surface area contributed by atoms with E-state index in [0.29, 0.717) is 12.3 Å². The van der Waals surface area contributed by atoms with E-state index in [1.165, 1.54) is 6.07 Å². The first-order valence-electron chi connectivity index (χ1n) is 8.01. The van der Waals surface area contributed by atoms with Gasteiger partial charge in [-0.05, 0) is 29.3 Å². The molecule has 0 aliphatic carbocycles. The minimum Gasteiger partial charge on any atom is -0.489 e. The fourth-order valence-corrected chi connectivity index (χ4v) is 2.33. The molecule has 3 rings (SSSR count). The average molecular weight is 347 g/mol. The maximum atomic E-state index is 11.0. The SMILES string of the molecule is O=[N+]([O-])c1ccccc1N/N=C\c1cccc(OCc2ccccc2)c1. The van der Waals surface area contributed by atoms with E-state index in [4.69, 9.17) is 4.74 Å². The molecule has 0 aromatic heterocycles. The number of nitrogens with zero attached hydrogens (tertiary/aromatic N) is 2. The number of ether oxygens (including phenoxy) is 1. The molecule has 1 N–H and O–H groups in total. The van der Waals surface area contributed by atoms with Gasteiger partial charge in [0, 0.05) is 6.07 Å². The highest BCUT2D eigenvalue weighted by Crippen LogP contribution is 2.23. The van der Waals surface area contributed by atoms with Crippen LogP contribution in [-0.4, -0.2) is 11.1 Å². The Bertz CT molecular complexity index is 911. The summed E-state index contributed by atoms with van der Waals surface area (Å²) in [5.74, 6) is 0.725. The molecule has 0 aliphatic heterocycles. The van der Waals surface area contributed by atoms with Crippen molar-refractivity contribution in [1.82, 2.24) is 0 Å². The molecule has 0 bridgehead atoms. The van der Waals surface area contributed by atoms with Crippen LogP contribution in [0, 0.1) is 10.1 Å². The first-order chi connectivity index (χ1) is 12.7. The highest BCUT2D eigenvalue weighted by molar-refractivity contribution is 5.81. The molecule has 0 amide bonds. The van der Waals surface area contributed by atoms with Crippen molar-refractivity contribution in [3.8, 4) is 5.75 Å². The van der Waals surface area contributed by atoms with E-state index in [0.717, 1.165) is 16.9 Å². The lowest BCUT2D eigenvalue weighted by atomic mass is 10.2. The summed E-state index contributed by atoms with van der Waals surface area (Å²) < 4.78 is 5.78. The number of rotatable bonds is 7. The third-order valence-corrected chi connectivity index (χ3v) is 3.61. The molecule has 3 aromatic carbocycles. The second kappa shape index (κ2) is 8.43. The van der Waals surface area contributed by atoms with E-state index in [1.54, 1.807) is 24.4 Å². The van der Waals surface area contributed by atoms with Crippen LogP contribution in [0.3, 0.4) is 0 Å². The summed E-state index contributed by atoms with van der Waals surface area (Å²) in [6.07, 6.45) is 1.59. The lowest BCUT2D eigenvalue weighted by molar-refractivity contribution is -0.384. The Morgan fingerprint density at radius 2 is 1.77 bits per heavy atom. The minimum atomic E-state index is -0.449. The number of hydrazone groups is 1. The van der Waals surface area contributed by atoms with Crippen LogP contribution in [0.5, 0.6) is 5.75 Å². The third kappa shape index (κ3) is 4.67. The van der Waals surface area contributed by atoms with Crippen molar-refractivity contribution < 1.29 is 9.66 Å². The fraction of sp³-hybridized carbons (Fsp3) is 0.0500. The zero-order valence-corrected chi connectivity index (χ0v) is 13.9. The largest absolute Gasteiger partial charge is 0.489 e. The maximum absolute atomic E-state index is 11.0. The number of anilines is 1. The maximum Gasteiger partial charge on any atom is 0.294 e. The molecular weight excluding hydrogens is 330 g/mol. The molecule has 0 saturated heterocycles. The van der Waals surface area contributed by atoms with Gasteiger partial charge in [-0.3, -0.25) is 15.5 Å². The van der Waals surface area contributed by atoms with Gasteiger partial charge >= 0.3 is 0 Å². The summed E-state index contributed by atoms with van der Waals surface area (Å²) in [6, 6.07) is 23.7. The van der Waals surface area contributed by atoms with Crippen molar-refractivity contribution in [2.45, 2.75) is 6.61 Å². The summed E-state index contributed by atoms with van der Waals surface area (Å²) in [7, 11) is 0. The first-order valence-corrected chi connectivity index (χ1v) is 8.01. The molecule has 6 nitrogen and oxygen atoms in total. The normalized spacial score (nSPS) is 10.6. The van der Waals surface area contributed by atoms with Gasteiger partial charge in [0.05, 0.1) is 11.1 Å². The summed E-state index contributed by atoms with van der Waals surface area (Å²) >= 11 is 0. The second-order valence-electron chi connectivity index (χ2n) is 5.49. The smallest absolute Gasteiger partial charge is 0.294 e. The minimum absolute atomic E-state index is 0.0235. The highest BCUT2D eigenvalue weighted by atomic mass is 16.6. The Morgan fingerprint density at radius 3 is 2.58 bits per heavy atom. The fourth-order valence-electron chi connectivity index (χ4n) is 2.33. The van der Waals surface area contributed by atoms with E-state index >= 15 is 0 Å². The Morgan fingerprint density at radius 1 is 1.00 bits per heavy atom. The number of nitro groups is 1. The first kappa shape index (κ1) is 17.2. The summed E-state index contributed by atoms with van der Waals surface area (Å²) in [5, 5.41) is 15.1. The Labute approximate surface area is 150 Å². The van der Waals surface area contributed by atoms with Gasteiger partial charge < -0.3 is 4.74 Å². The topological polar surface area (TPSA) is 76.8 Å². The molecule has 130 valence electrons. The lowest BCUT2D eigenvalue weighted by Crippen LogP contribution is -1.97. The molecule has 3 aromatic rings. The predicted molar refractivity (Wildman–Crippen MR) is 102 cm³/mol. The van der Waals surface area contributed by atoms with E-state index in [9.17, 15) is 10.1 Å². The van der Waals surface area contributed by atoms with Crippen LogP contribution >= 0.6 is 0 Å². The molecule has 0 heterocycles. The number of hydrogen-bond acceptors (Lipinski definition) is 5. The third-order valence-electron chi connectivity index (χ3n) is 3.61. The molecule has 0 atom stereocenters.